The van der Waals surface area contributed by atoms with Crippen LogP contribution in [0.3, 0.4) is 0 Å². The highest BCUT2D eigenvalue weighted by molar-refractivity contribution is 6.32. The molecule has 2 aromatic carbocycles. The molecular formula is C24H26ClN3O. The molecule has 0 unspecified atom stereocenters. The summed E-state index contributed by atoms with van der Waals surface area (Å²) in [4.78, 5) is 15.1. The lowest BCUT2D eigenvalue weighted by molar-refractivity contribution is 0.0908. The number of hydrogen-bond acceptors (Lipinski definition) is 3. The van der Waals surface area contributed by atoms with Crippen LogP contribution in [-0.2, 0) is 0 Å². The van der Waals surface area contributed by atoms with Gasteiger partial charge < -0.3 is 10.2 Å². The molecule has 3 atom stereocenters. The van der Waals surface area contributed by atoms with Crippen LogP contribution < -0.4 is 10.2 Å². The molecule has 1 N–H and O–H groups in total. The van der Waals surface area contributed by atoms with Gasteiger partial charge in [0.05, 0.1) is 10.6 Å². The summed E-state index contributed by atoms with van der Waals surface area (Å²) in [6.07, 6.45) is 5.39. The Hall–Kier alpha value is -2.51. The zero-order valence-corrected chi connectivity index (χ0v) is 17.5. The molecule has 150 valence electrons. The molecule has 1 aliphatic carbocycles. The van der Waals surface area contributed by atoms with Crippen molar-refractivity contribution in [1.82, 2.24) is 5.32 Å². The van der Waals surface area contributed by atoms with E-state index >= 15 is 0 Å². The molecule has 1 saturated heterocycles. The first kappa shape index (κ1) is 19.8. The van der Waals surface area contributed by atoms with E-state index in [1.807, 2.05) is 49.4 Å². The number of nitrogens with zero attached hydrogens (tertiary/aromatic N) is 2. The average molecular weight is 408 g/mol. The number of piperidine rings is 1. The summed E-state index contributed by atoms with van der Waals surface area (Å²) in [5.74, 6) is 0.593. The highest BCUT2D eigenvalue weighted by Crippen LogP contribution is 2.38. The van der Waals surface area contributed by atoms with Gasteiger partial charge in [0.15, 0.2) is 0 Å². The third kappa shape index (κ3) is 4.26. The van der Waals surface area contributed by atoms with Gasteiger partial charge in [-0.15, -0.1) is 0 Å². The summed E-state index contributed by atoms with van der Waals surface area (Å²) in [5, 5.41) is 12.9. The van der Waals surface area contributed by atoms with E-state index in [4.69, 9.17) is 16.9 Å². The van der Waals surface area contributed by atoms with E-state index in [1.54, 1.807) is 0 Å². The maximum Gasteiger partial charge on any atom is 0.251 e. The summed E-state index contributed by atoms with van der Waals surface area (Å²) in [6, 6.07) is 16.3. The van der Waals surface area contributed by atoms with Gasteiger partial charge in [-0.05, 0) is 75.3 Å². The van der Waals surface area contributed by atoms with Crippen molar-refractivity contribution in [3.63, 3.8) is 0 Å². The number of halogens is 1. The van der Waals surface area contributed by atoms with Gasteiger partial charge in [-0.25, -0.2) is 0 Å². The molecule has 2 aromatic rings. The largest absolute Gasteiger partial charge is 0.368 e. The summed E-state index contributed by atoms with van der Waals surface area (Å²) in [6.45, 7) is 3.04. The van der Waals surface area contributed by atoms with Crippen molar-refractivity contribution < 1.29 is 4.79 Å². The number of hydrogen-bond donors (Lipinski definition) is 1. The van der Waals surface area contributed by atoms with E-state index < -0.39 is 0 Å². The predicted molar refractivity (Wildman–Crippen MR) is 116 cm³/mol. The molecule has 1 saturated carbocycles. The van der Waals surface area contributed by atoms with Crippen LogP contribution >= 0.6 is 11.6 Å². The summed E-state index contributed by atoms with van der Waals surface area (Å²) in [7, 11) is 0. The molecule has 5 heteroatoms. The average Bonchev–Trinajstić information content (AvgIpc) is 2.73. The Kier molecular flexibility index (Phi) is 5.78. The first-order valence-electron chi connectivity index (χ1n) is 10.4. The Bertz CT molecular complexity index is 934. The Morgan fingerprint density at radius 1 is 1.17 bits per heavy atom. The monoisotopic (exact) mass is 407 g/mol. The topological polar surface area (TPSA) is 56.1 Å². The molecule has 29 heavy (non-hydrogen) atoms. The van der Waals surface area contributed by atoms with E-state index in [9.17, 15) is 4.79 Å². The van der Waals surface area contributed by atoms with Crippen molar-refractivity contribution in [3.8, 4) is 6.07 Å². The number of aryl methyl sites for hydroxylation is 1. The van der Waals surface area contributed by atoms with Gasteiger partial charge in [0.2, 0.25) is 0 Å². The number of fused-ring (bicyclic) bond motifs is 1. The maximum absolute atomic E-state index is 12.6. The number of anilines is 1. The minimum Gasteiger partial charge on any atom is -0.368 e. The maximum atomic E-state index is 12.6. The molecule has 2 fully saturated rings. The second kappa shape index (κ2) is 8.47. The lowest BCUT2D eigenvalue weighted by Crippen LogP contribution is -2.52. The summed E-state index contributed by atoms with van der Waals surface area (Å²) >= 11 is 6.28. The number of carbonyl (C=O) groups is 1. The van der Waals surface area contributed by atoms with E-state index in [2.05, 4.69) is 16.3 Å². The van der Waals surface area contributed by atoms with Crippen molar-refractivity contribution in [3.05, 3.63) is 64.2 Å². The molecule has 4 nitrogen and oxygen atoms in total. The van der Waals surface area contributed by atoms with Gasteiger partial charge >= 0.3 is 0 Å². The van der Waals surface area contributed by atoms with Crippen LogP contribution in [0.15, 0.2) is 42.5 Å². The summed E-state index contributed by atoms with van der Waals surface area (Å²) < 4.78 is 0. The van der Waals surface area contributed by atoms with E-state index in [1.165, 1.54) is 6.42 Å². The van der Waals surface area contributed by atoms with Gasteiger partial charge in [0.25, 0.3) is 5.91 Å². The van der Waals surface area contributed by atoms with Crippen molar-refractivity contribution in [2.45, 2.75) is 51.1 Å². The van der Waals surface area contributed by atoms with Crippen molar-refractivity contribution in [2.75, 3.05) is 11.4 Å². The quantitative estimate of drug-likeness (QED) is 0.771. The molecule has 1 heterocycles. The molecule has 1 aliphatic heterocycles. The van der Waals surface area contributed by atoms with Crippen molar-refractivity contribution in [2.24, 2.45) is 5.92 Å². The van der Waals surface area contributed by atoms with Crippen LogP contribution in [0.1, 0.15) is 53.6 Å². The van der Waals surface area contributed by atoms with Crippen molar-refractivity contribution in [1.29, 1.82) is 5.26 Å². The SMILES string of the molecule is Cc1ccc(C(=O)N[C@@H]2CC[C@@H]3[C@H](CCCN3c3ccc(C#N)c(Cl)c3)C2)cc1. The molecule has 0 bridgehead atoms. The van der Waals surface area contributed by atoms with Gasteiger partial charge in [-0.2, -0.15) is 5.26 Å². The van der Waals surface area contributed by atoms with E-state index in [0.717, 1.165) is 49.0 Å². The van der Waals surface area contributed by atoms with E-state index in [-0.39, 0.29) is 11.9 Å². The number of nitrogens with one attached hydrogen (secondary N) is 1. The highest BCUT2D eigenvalue weighted by Gasteiger charge is 2.37. The number of benzene rings is 2. The Morgan fingerprint density at radius 2 is 1.97 bits per heavy atom. The fraction of sp³-hybridized carbons (Fsp3) is 0.417. The molecular weight excluding hydrogens is 382 g/mol. The molecule has 0 spiro atoms. The van der Waals surface area contributed by atoms with Crippen LogP contribution in [0.4, 0.5) is 5.69 Å². The van der Waals surface area contributed by atoms with Gasteiger partial charge in [-0.1, -0.05) is 29.3 Å². The third-order valence-corrected chi connectivity index (χ3v) is 6.68. The van der Waals surface area contributed by atoms with Crippen molar-refractivity contribution >= 4 is 23.2 Å². The molecule has 1 amide bonds. The normalized spacial score (nSPS) is 23.8. The summed E-state index contributed by atoms with van der Waals surface area (Å²) in [5.41, 5.74) is 3.51. The lowest BCUT2D eigenvalue weighted by Gasteiger charge is -2.47. The van der Waals surface area contributed by atoms with Gasteiger partial charge in [0, 0.05) is 29.9 Å². The first-order chi connectivity index (χ1) is 14.0. The molecule has 0 radical (unpaired) electrons. The highest BCUT2D eigenvalue weighted by atomic mass is 35.5. The second-order valence-corrected chi connectivity index (χ2v) is 8.70. The Morgan fingerprint density at radius 3 is 2.69 bits per heavy atom. The molecule has 4 rings (SSSR count). The smallest absolute Gasteiger partial charge is 0.251 e. The number of carbonyl (C=O) groups excluding carboxylic acids is 1. The van der Waals surface area contributed by atoms with Gasteiger partial charge in [0.1, 0.15) is 6.07 Å². The fourth-order valence-electron chi connectivity index (χ4n) is 4.86. The zero-order chi connectivity index (χ0) is 20.4. The fourth-order valence-corrected chi connectivity index (χ4v) is 5.07. The Balaban J connectivity index is 1.42. The van der Waals surface area contributed by atoms with Gasteiger partial charge in [-0.3, -0.25) is 4.79 Å². The van der Waals surface area contributed by atoms with Crippen LogP contribution in [0.5, 0.6) is 0 Å². The minimum atomic E-state index is 0.0278. The first-order valence-corrected chi connectivity index (χ1v) is 10.8. The standard InChI is InChI=1S/C24H26ClN3O/c1-16-4-6-17(7-5-16)24(29)27-20-9-11-23-18(13-20)3-2-12-28(23)21-10-8-19(15-26)22(25)14-21/h4-8,10,14,18,20,23H,2-3,9,11-13H2,1H3,(H,27,29)/t18-,20-,23-/m1/s1. The van der Waals surface area contributed by atoms with Crippen LogP contribution in [0.2, 0.25) is 5.02 Å². The lowest BCUT2D eigenvalue weighted by atomic mass is 9.76. The molecule has 0 aromatic heterocycles. The predicted octanol–water partition coefficient (Wildman–Crippen LogP) is 5.09. The second-order valence-electron chi connectivity index (χ2n) is 8.29. The third-order valence-electron chi connectivity index (χ3n) is 6.37. The minimum absolute atomic E-state index is 0.0278. The zero-order valence-electron chi connectivity index (χ0n) is 16.7. The number of amides is 1. The van der Waals surface area contributed by atoms with Crippen LogP contribution in [0.25, 0.3) is 0 Å². The number of rotatable bonds is 3. The van der Waals surface area contributed by atoms with Crippen LogP contribution in [0, 0.1) is 24.2 Å². The van der Waals surface area contributed by atoms with Crippen LogP contribution in [-0.4, -0.2) is 24.5 Å². The van der Waals surface area contributed by atoms with E-state index in [0.29, 0.717) is 22.5 Å². The Labute approximate surface area is 177 Å². The molecule has 2 aliphatic rings. The number of nitriles is 1.